The highest BCUT2D eigenvalue weighted by atomic mass is 15.1. The highest BCUT2D eigenvalue weighted by molar-refractivity contribution is 5.96. The van der Waals surface area contributed by atoms with Gasteiger partial charge in [-0.25, -0.2) is 0 Å². The fraction of sp³-hybridized carbons (Fsp3) is 0.0222. The normalized spacial score (nSPS) is 16.6. The van der Waals surface area contributed by atoms with Gasteiger partial charge >= 0.3 is 0 Å². The number of fused-ring (bicyclic) bond motifs is 1. The predicted octanol–water partition coefficient (Wildman–Crippen LogP) is 12.4. The van der Waals surface area contributed by atoms with Crippen molar-refractivity contribution in [3.63, 3.8) is 0 Å². The average Bonchev–Trinajstić information content (AvgIpc) is 3.13. The molecule has 0 amide bonds. The fourth-order valence-electron chi connectivity index (χ4n) is 5.71. The zero-order valence-electron chi connectivity index (χ0n) is 26.5. The summed E-state index contributed by atoms with van der Waals surface area (Å²) < 4.78 is 0. The van der Waals surface area contributed by atoms with Crippen LogP contribution in [0.4, 0.5) is 22.7 Å². The van der Waals surface area contributed by atoms with Crippen molar-refractivity contribution in [2.45, 2.75) is 6.42 Å². The van der Waals surface area contributed by atoms with Crippen LogP contribution in [-0.2, 0) is 0 Å². The molecule has 0 fully saturated rings. The number of benzene rings is 5. The second-order valence-corrected chi connectivity index (χ2v) is 11.2. The highest BCUT2D eigenvalue weighted by Crippen LogP contribution is 2.34. The average molecular weight is 607 g/mol. The molecule has 0 N–H and O–H groups in total. The third-order valence-electron chi connectivity index (χ3n) is 8.04. The zero-order valence-corrected chi connectivity index (χ0v) is 26.5. The summed E-state index contributed by atoms with van der Waals surface area (Å²) in [5.41, 5.74) is 8.68. The lowest BCUT2D eigenvalue weighted by molar-refractivity contribution is 1.08. The first-order valence-electron chi connectivity index (χ1n) is 15.9. The summed E-state index contributed by atoms with van der Waals surface area (Å²) in [7, 11) is 0. The van der Waals surface area contributed by atoms with E-state index in [-0.39, 0.29) is 0 Å². The van der Waals surface area contributed by atoms with Gasteiger partial charge in [-0.1, -0.05) is 147 Å². The molecule has 0 spiro atoms. The molecule has 5 aromatic carbocycles. The Bertz CT molecular complexity index is 2020. The number of hydrogen-bond donors (Lipinski definition) is 0. The van der Waals surface area contributed by atoms with Crippen LogP contribution in [0.5, 0.6) is 0 Å². The minimum Gasteiger partial charge on any atom is -0.317 e. The van der Waals surface area contributed by atoms with Crippen molar-refractivity contribution in [3.8, 4) is 0 Å². The van der Waals surface area contributed by atoms with E-state index in [9.17, 15) is 0 Å². The molecule has 0 radical (unpaired) electrons. The van der Waals surface area contributed by atoms with Crippen molar-refractivity contribution in [2.75, 3.05) is 9.80 Å². The van der Waals surface area contributed by atoms with Gasteiger partial charge in [0.2, 0.25) is 0 Å². The van der Waals surface area contributed by atoms with E-state index < -0.39 is 0 Å². The van der Waals surface area contributed by atoms with Gasteiger partial charge in [0.15, 0.2) is 0 Å². The summed E-state index contributed by atoms with van der Waals surface area (Å²) in [6.45, 7) is 8.26. The van der Waals surface area contributed by atoms with Crippen molar-refractivity contribution in [1.82, 2.24) is 0 Å². The van der Waals surface area contributed by atoms with Crippen LogP contribution < -0.4 is 9.80 Å². The summed E-state index contributed by atoms with van der Waals surface area (Å²) in [6, 6.07) is 44.6. The van der Waals surface area contributed by atoms with Gasteiger partial charge in [0.1, 0.15) is 0 Å². The molecule has 5 aromatic rings. The molecular weight excluding hydrogens is 569 g/mol. The molecule has 6 rings (SSSR count). The maximum atomic E-state index is 4.15. The molecule has 0 aliphatic heterocycles. The lowest BCUT2D eigenvalue weighted by Gasteiger charge is -2.28. The monoisotopic (exact) mass is 606 g/mol. The van der Waals surface area contributed by atoms with Crippen LogP contribution in [0.25, 0.3) is 16.3 Å². The van der Waals surface area contributed by atoms with E-state index in [0.29, 0.717) is 0 Å². The molecule has 2 heteroatoms. The van der Waals surface area contributed by atoms with E-state index >= 15 is 0 Å². The van der Waals surface area contributed by atoms with E-state index in [4.69, 9.17) is 0 Å². The quantitative estimate of drug-likeness (QED) is 0.154. The molecule has 2 nitrogen and oxygen atoms in total. The molecule has 0 unspecified atom stereocenters. The Labute approximate surface area is 278 Å². The van der Waals surface area contributed by atoms with Gasteiger partial charge < -0.3 is 9.80 Å². The molecule has 1 aliphatic carbocycles. The summed E-state index contributed by atoms with van der Waals surface area (Å²) in [5.74, 6) is 0. The van der Waals surface area contributed by atoms with Crippen molar-refractivity contribution in [2.24, 2.45) is 0 Å². The van der Waals surface area contributed by atoms with Crippen LogP contribution in [0, 0.1) is 0 Å². The largest absolute Gasteiger partial charge is 0.317 e. The third kappa shape index (κ3) is 7.58. The zero-order chi connectivity index (χ0) is 32.3. The molecule has 0 bridgehead atoms. The Morgan fingerprint density at radius 1 is 0.638 bits per heavy atom. The predicted molar refractivity (Wildman–Crippen MR) is 204 cm³/mol. The van der Waals surface area contributed by atoms with Gasteiger partial charge in [-0.2, -0.15) is 0 Å². The molecule has 0 saturated carbocycles. The van der Waals surface area contributed by atoms with Crippen LogP contribution >= 0.6 is 0 Å². The number of allylic oxidation sites excluding steroid dienone is 12. The number of para-hydroxylation sites is 2. The van der Waals surface area contributed by atoms with Gasteiger partial charge in [-0.3, -0.25) is 0 Å². The second kappa shape index (κ2) is 15.2. The number of hydrogen-bond acceptors (Lipinski definition) is 2. The summed E-state index contributed by atoms with van der Waals surface area (Å²) in [6.07, 6.45) is 23.7. The second-order valence-electron chi connectivity index (χ2n) is 11.2. The van der Waals surface area contributed by atoms with E-state index in [1.54, 1.807) is 0 Å². The number of anilines is 4. The molecule has 228 valence electrons. The first-order chi connectivity index (χ1) is 23.2. The molecule has 0 aromatic heterocycles. The van der Waals surface area contributed by atoms with Gasteiger partial charge in [0.05, 0.1) is 5.69 Å². The molecule has 0 heterocycles. The van der Waals surface area contributed by atoms with Crippen LogP contribution in [0.2, 0.25) is 0 Å². The molecule has 47 heavy (non-hydrogen) atoms. The van der Waals surface area contributed by atoms with Gasteiger partial charge in [-0.15, -0.1) is 0 Å². The number of rotatable bonds is 9. The van der Waals surface area contributed by atoms with Gasteiger partial charge in [0, 0.05) is 40.8 Å². The van der Waals surface area contributed by atoms with E-state index in [2.05, 4.69) is 187 Å². The highest BCUT2D eigenvalue weighted by Gasteiger charge is 2.14. The summed E-state index contributed by atoms with van der Waals surface area (Å²) in [5, 5.41) is 2.41. The van der Waals surface area contributed by atoms with Crippen molar-refractivity contribution >= 4 is 39.1 Å². The van der Waals surface area contributed by atoms with E-state index in [0.717, 1.165) is 51.6 Å². The third-order valence-corrected chi connectivity index (χ3v) is 8.04. The first kappa shape index (κ1) is 30.9. The summed E-state index contributed by atoms with van der Waals surface area (Å²) in [4.78, 5) is 4.55. The van der Waals surface area contributed by atoms with E-state index in [1.165, 1.54) is 10.8 Å². The van der Waals surface area contributed by atoms with Gasteiger partial charge in [0.25, 0.3) is 0 Å². The van der Waals surface area contributed by atoms with Crippen LogP contribution in [0.3, 0.4) is 0 Å². The van der Waals surface area contributed by atoms with Crippen LogP contribution in [0.1, 0.15) is 12.0 Å². The van der Waals surface area contributed by atoms with Crippen LogP contribution in [-0.4, -0.2) is 0 Å². The Balaban J connectivity index is 1.32. The molecular formula is C45H38N2. The first-order valence-corrected chi connectivity index (χ1v) is 15.9. The van der Waals surface area contributed by atoms with Crippen molar-refractivity contribution in [1.29, 1.82) is 0 Å². The topological polar surface area (TPSA) is 6.48 Å². The minimum atomic E-state index is 0.787. The Kier molecular flexibility index (Phi) is 10.0. The SMILES string of the molecule is C=C/C(=C\C=C\N(c1ccccc1)c1cccc2ccccc12)c1ccc(N(/C2=C/C=C\C(=C)/C=C\C=C/C2)c2ccccc2)cc1. The number of nitrogens with zero attached hydrogens (tertiary/aromatic N) is 2. The molecule has 0 atom stereocenters. The fourth-order valence-corrected chi connectivity index (χ4v) is 5.71. The Morgan fingerprint density at radius 3 is 2.06 bits per heavy atom. The van der Waals surface area contributed by atoms with E-state index in [1.807, 2.05) is 30.4 Å². The van der Waals surface area contributed by atoms with Gasteiger partial charge in [-0.05, 0) is 76.7 Å². The molecule has 0 saturated heterocycles. The smallest absolute Gasteiger partial charge is 0.0533 e. The maximum Gasteiger partial charge on any atom is 0.0533 e. The minimum absolute atomic E-state index is 0.787. The van der Waals surface area contributed by atoms with Crippen molar-refractivity contribution in [3.05, 3.63) is 224 Å². The Morgan fingerprint density at radius 2 is 1.30 bits per heavy atom. The molecule has 1 aliphatic rings. The standard InChI is InChI=1S/C45H38N2/c1-3-37(22-17-35-46(40-23-8-5-9-24-40)45-30-16-21-39-20-13-14-29-44(39)45)38-31-33-43(34-32-38)47(41-25-11-6-12-26-41)42-27-10-4-7-18-36(2)19-15-28-42/h3-26,28-35H,1-2,27H2/b10-4-,18-7-,19-15-,35-17+,37-22+,42-28+. The summed E-state index contributed by atoms with van der Waals surface area (Å²) >= 11 is 0. The maximum absolute atomic E-state index is 4.15. The lowest BCUT2D eigenvalue weighted by atomic mass is 10.0. The lowest BCUT2D eigenvalue weighted by Crippen LogP contribution is -2.16. The Hall–Kier alpha value is -6.12. The van der Waals surface area contributed by atoms with Crippen LogP contribution in [0.15, 0.2) is 219 Å². The van der Waals surface area contributed by atoms with Crippen molar-refractivity contribution < 1.29 is 0 Å².